The van der Waals surface area contributed by atoms with Gasteiger partial charge in [-0.15, -0.1) is 0 Å². The molecule has 0 radical (unpaired) electrons. The third-order valence-corrected chi connectivity index (χ3v) is 2.46. The van der Waals surface area contributed by atoms with Crippen molar-refractivity contribution in [2.45, 2.75) is 0 Å². The molecule has 0 aliphatic rings. The molecule has 76 valence electrons. The summed E-state index contributed by atoms with van der Waals surface area (Å²) in [7, 11) is 0. The first-order valence-electron chi connectivity index (χ1n) is 3.99. The first-order valence-corrected chi connectivity index (χ1v) is 4.78. The van der Waals surface area contributed by atoms with Crippen molar-refractivity contribution in [1.29, 1.82) is 0 Å². The van der Waals surface area contributed by atoms with E-state index >= 15 is 0 Å². The Hall–Kier alpha value is -1.53. The summed E-state index contributed by atoms with van der Waals surface area (Å²) in [6, 6.07) is 5.36. The highest BCUT2D eigenvalue weighted by molar-refractivity contribution is 9.10. The lowest BCUT2D eigenvalue weighted by molar-refractivity contribution is -0.183. The molecule has 0 atom stereocenters. The second-order valence-corrected chi connectivity index (χ2v) is 3.60. The van der Waals surface area contributed by atoms with Crippen molar-refractivity contribution in [1.82, 2.24) is 9.97 Å². The first kappa shape index (κ1) is 10.0. The van der Waals surface area contributed by atoms with Gasteiger partial charge in [-0.3, -0.25) is 9.87 Å². The molecule has 0 aliphatic heterocycles. The van der Waals surface area contributed by atoms with Gasteiger partial charge in [0.15, 0.2) is 5.69 Å². The molecule has 1 aromatic heterocycles. The van der Waals surface area contributed by atoms with Crippen molar-refractivity contribution in [3.63, 3.8) is 0 Å². The van der Waals surface area contributed by atoms with Crippen molar-refractivity contribution >= 4 is 32.9 Å². The van der Waals surface area contributed by atoms with E-state index in [0.29, 0.717) is 11.0 Å². The van der Waals surface area contributed by atoms with Crippen LogP contribution in [0.15, 0.2) is 28.9 Å². The van der Waals surface area contributed by atoms with E-state index in [-0.39, 0.29) is 5.69 Å². The van der Waals surface area contributed by atoms with Gasteiger partial charge in [0.2, 0.25) is 0 Å². The van der Waals surface area contributed by atoms with Gasteiger partial charge in [0.1, 0.15) is 5.52 Å². The van der Waals surface area contributed by atoms with Gasteiger partial charge in [-0.2, -0.15) is 5.26 Å². The minimum Gasteiger partial charge on any atom is -0.294 e. The average molecular weight is 269 g/mol. The predicted molar refractivity (Wildman–Crippen MR) is 55.3 cm³/mol. The molecular formula is C9H5BrN2O3. The monoisotopic (exact) mass is 268 g/mol. The maximum absolute atomic E-state index is 11.0. The normalized spacial score (nSPS) is 10.3. The van der Waals surface area contributed by atoms with E-state index in [1.54, 1.807) is 12.1 Å². The molecule has 0 saturated carbocycles. The van der Waals surface area contributed by atoms with Gasteiger partial charge in [0.05, 0.1) is 11.7 Å². The molecule has 0 fully saturated rings. The third kappa shape index (κ3) is 1.81. The number of carbonyl (C=O) groups excluding carboxylic acids is 1. The minimum atomic E-state index is -0.930. The van der Waals surface area contributed by atoms with Gasteiger partial charge in [0, 0.05) is 4.47 Å². The molecule has 2 rings (SSSR count). The van der Waals surface area contributed by atoms with E-state index < -0.39 is 5.97 Å². The number of hydrogen-bond donors (Lipinski definition) is 1. The number of rotatable bonds is 1. The Morgan fingerprint density at radius 3 is 3.00 bits per heavy atom. The zero-order valence-electron chi connectivity index (χ0n) is 7.35. The van der Waals surface area contributed by atoms with Crippen LogP contribution >= 0.6 is 15.9 Å². The number of halogens is 1. The third-order valence-electron chi connectivity index (χ3n) is 1.82. The van der Waals surface area contributed by atoms with Crippen molar-refractivity contribution in [3.05, 3.63) is 34.6 Å². The lowest BCUT2D eigenvalue weighted by Gasteiger charge is -2.00. The second kappa shape index (κ2) is 3.92. The van der Waals surface area contributed by atoms with Crippen molar-refractivity contribution < 1.29 is 14.9 Å². The Labute approximate surface area is 92.8 Å². The molecule has 0 bridgehead atoms. The number of aromatic nitrogens is 2. The van der Waals surface area contributed by atoms with E-state index in [1.807, 2.05) is 6.07 Å². The number of fused-ring (bicyclic) bond motifs is 1. The van der Waals surface area contributed by atoms with Gasteiger partial charge < -0.3 is 0 Å². The van der Waals surface area contributed by atoms with E-state index in [1.165, 1.54) is 6.20 Å². The maximum atomic E-state index is 11.0. The lowest BCUT2D eigenvalue weighted by atomic mass is 10.3. The molecule has 0 aliphatic carbocycles. The predicted octanol–water partition coefficient (Wildman–Crippen LogP) is 2.02. The molecule has 1 heterocycles. The Bertz CT molecular complexity index is 530. The van der Waals surface area contributed by atoms with Crippen LogP contribution in [0.25, 0.3) is 11.0 Å². The highest BCUT2D eigenvalue weighted by Gasteiger charge is 2.11. The molecule has 5 nitrogen and oxygen atoms in total. The molecule has 15 heavy (non-hydrogen) atoms. The van der Waals surface area contributed by atoms with Crippen LogP contribution in [0, 0.1) is 0 Å². The molecule has 2 aromatic rings. The largest absolute Gasteiger partial charge is 0.392 e. The van der Waals surface area contributed by atoms with Gasteiger partial charge in [0.25, 0.3) is 0 Å². The fraction of sp³-hybridized carbons (Fsp3) is 0. The molecule has 0 unspecified atom stereocenters. The minimum absolute atomic E-state index is 0.0445. The molecule has 1 N–H and O–H groups in total. The average Bonchev–Trinajstić information content (AvgIpc) is 2.28. The molecule has 1 aromatic carbocycles. The van der Waals surface area contributed by atoms with Crippen molar-refractivity contribution in [2.75, 3.05) is 0 Å². The van der Waals surface area contributed by atoms with E-state index in [2.05, 4.69) is 30.8 Å². The van der Waals surface area contributed by atoms with E-state index in [4.69, 9.17) is 5.26 Å². The summed E-state index contributed by atoms with van der Waals surface area (Å²) in [5.74, 6) is -0.930. The van der Waals surface area contributed by atoms with Crippen LogP contribution in [0.1, 0.15) is 10.5 Å². The SMILES string of the molecule is O=C(OO)c1cnc2cccc(Br)c2n1. The quantitative estimate of drug-likeness (QED) is 0.633. The van der Waals surface area contributed by atoms with Crippen LogP contribution in [0.3, 0.4) is 0 Å². The Kier molecular flexibility index (Phi) is 2.61. The Morgan fingerprint density at radius 2 is 2.27 bits per heavy atom. The summed E-state index contributed by atoms with van der Waals surface area (Å²) >= 11 is 3.28. The summed E-state index contributed by atoms with van der Waals surface area (Å²) in [6.07, 6.45) is 1.24. The zero-order chi connectivity index (χ0) is 10.8. The van der Waals surface area contributed by atoms with Gasteiger partial charge in [-0.1, -0.05) is 6.07 Å². The highest BCUT2D eigenvalue weighted by Crippen LogP contribution is 2.20. The topological polar surface area (TPSA) is 72.3 Å². The van der Waals surface area contributed by atoms with Gasteiger partial charge in [-0.25, -0.2) is 9.78 Å². The van der Waals surface area contributed by atoms with Crippen molar-refractivity contribution in [3.8, 4) is 0 Å². The summed E-state index contributed by atoms with van der Waals surface area (Å²) in [5.41, 5.74) is 1.15. The van der Waals surface area contributed by atoms with Gasteiger partial charge in [-0.05, 0) is 28.1 Å². The second-order valence-electron chi connectivity index (χ2n) is 2.74. The number of carbonyl (C=O) groups is 1. The van der Waals surface area contributed by atoms with Crippen LogP contribution in [0.4, 0.5) is 0 Å². The maximum Gasteiger partial charge on any atom is 0.392 e. The number of hydrogen-bond acceptors (Lipinski definition) is 5. The van der Waals surface area contributed by atoms with E-state index in [9.17, 15) is 4.79 Å². The molecule has 0 spiro atoms. The lowest BCUT2D eigenvalue weighted by Crippen LogP contribution is -2.05. The van der Waals surface area contributed by atoms with E-state index in [0.717, 1.165) is 4.47 Å². The highest BCUT2D eigenvalue weighted by atomic mass is 79.9. The van der Waals surface area contributed by atoms with Crippen LogP contribution < -0.4 is 0 Å². The molecular weight excluding hydrogens is 264 g/mol. The number of nitrogens with zero attached hydrogens (tertiary/aromatic N) is 2. The van der Waals surface area contributed by atoms with Gasteiger partial charge >= 0.3 is 5.97 Å². The smallest absolute Gasteiger partial charge is 0.294 e. The number of para-hydroxylation sites is 1. The summed E-state index contributed by atoms with van der Waals surface area (Å²) < 4.78 is 0.722. The van der Waals surface area contributed by atoms with Crippen LogP contribution in [-0.2, 0) is 4.89 Å². The fourth-order valence-corrected chi connectivity index (χ4v) is 1.59. The summed E-state index contributed by atoms with van der Waals surface area (Å²) in [6.45, 7) is 0. The van der Waals surface area contributed by atoms with Crippen LogP contribution in [-0.4, -0.2) is 21.2 Å². The van der Waals surface area contributed by atoms with Crippen LogP contribution in [0.2, 0.25) is 0 Å². The fourth-order valence-electron chi connectivity index (χ4n) is 1.14. The molecule has 6 heteroatoms. The zero-order valence-corrected chi connectivity index (χ0v) is 8.93. The van der Waals surface area contributed by atoms with Crippen LogP contribution in [0.5, 0.6) is 0 Å². The summed E-state index contributed by atoms with van der Waals surface area (Å²) in [5, 5.41) is 8.20. The number of benzene rings is 1. The first-order chi connectivity index (χ1) is 7.22. The Balaban J connectivity index is 2.64. The standard InChI is InChI=1S/C9H5BrN2O3/c10-5-2-1-3-6-8(5)12-7(4-11-6)9(13)15-14/h1-4,14H. The molecule has 0 amide bonds. The van der Waals surface area contributed by atoms with Crippen molar-refractivity contribution in [2.24, 2.45) is 0 Å². The Morgan fingerprint density at radius 1 is 1.47 bits per heavy atom. The molecule has 0 saturated heterocycles. The summed E-state index contributed by atoms with van der Waals surface area (Å²) in [4.78, 5) is 22.6.